The van der Waals surface area contributed by atoms with E-state index < -0.39 is 6.09 Å². The predicted octanol–water partition coefficient (Wildman–Crippen LogP) is 2.75. The van der Waals surface area contributed by atoms with Gasteiger partial charge in [0.15, 0.2) is 5.84 Å². The molecule has 0 spiro atoms. The van der Waals surface area contributed by atoms with Crippen LogP contribution >= 0.6 is 11.6 Å². The molecule has 1 amide bonds. The molecular weight excluding hydrogens is 322 g/mol. The molecule has 0 saturated carbocycles. The lowest BCUT2D eigenvalue weighted by Gasteiger charge is -2.03. The van der Waals surface area contributed by atoms with Gasteiger partial charge in [-0.05, 0) is 52.8 Å². The number of amides is 1. The molecule has 0 aliphatic carbocycles. The minimum atomic E-state index is -0.778. The quantitative estimate of drug-likeness (QED) is 0.330. The molecular formula is C14H10ClN5O3. The molecule has 0 atom stereocenters. The third kappa shape index (κ3) is 3.55. The number of hydrogen-bond donors (Lipinski definition) is 2. The number of nitrogens with one attached hydrogen (secondary N) is 1. The molecule has 116 valence electrons. The van der Waals surface area contributed by atoms with Crippen LogP contribution in [0.4, 0.5) is 10.5 Å². The minimum absolute atomic E-state index is 0.0150. The molecule has 1 heterocycles. The summed E-state index contributed by atoms with van der Waals surface area (Å²) in [5.41, 5.74) is 7.91. The molecule has 3 aromatic rings. The zero-order valence-electron chi connectivity index (χ0n) is 11.6. The average molecular weight is 332 g/mol. The first-order chi connectivity index (χ1) is 11.1. The third-order valence-corrected chi connectivity index (χ3v) is 3.12. The highest BCUT2D eigenvalue weighted by Crippen LogP contribution is 2.14. The Labute approximate surface area is 134 Å². The van der Waals surface area contributed by atoms with Gasteiger partial charge in [0.2, 0.25) is 0 Å². The molecule has 23 heavy (non-hydrogen) atoms. The topological polar surface area (TPSA) is 116 Å². The second-order valence-corrected chi connectivity index (χ2v) is 4.89. The summed E-state index contributed by atoms with van der Waals surface area (Å²) in [5, 5.41) is 14.0. The highest BCUT2D eigenvalue weighted by molar-refractivity contribution is 6.30. The van der Waals surface area contributed by atoms with Crippen molar-refractivity contribution in [1.82, 2.24) is 10.3 Å². The third-order valence-electron chi connectivity index (χ3n) is 2.87. The van der Waals surface area contributed by atoms with Crippen LogP contribution in [-0.2, 0) is 4.84 Å². The molecule has 3 N–H and O–H groups in total. The first-order valence-electron chi connectivity index (χ1n) is 6.41. The van der Waals surface area contributed by atoms with Gasteiger partial charge >= 0.3 is 6.09 Å². The number of aromatic nitrogens is 2. The van der Waals surface area contributed by atoms with Gasteiger partial charge in [0.05, 0.1) is 0 Å². The van der Waals surface area contributed by atoms with Gasteiger partial charge in [-0.1, -0.05) is 16.8 Å². The van der Waals surface area contributed by atoms with Crippen LogP contribution in [0.1, 0.15) is 5.56 Å². The Morgan fingerprint density at radius 1 is 1.17 bits per heavy atom. The van der Waals surface area contributed by atoms with E-state index in [2.05, 4.69) is 25.4 Å². The number of carbonyl (C=O) groups is 1. The van der Waals surface area contributed by atoms with Crippen LogP contribution in [0, 0.1) is 0 Å². The number of halogens is 1. The number of nitrogens with two attached hydrogens (primary N) is 1. The molecule has 9 heteroatoms. The van der Waals surface area contributed by atoms with Crippen LogP contribution in [0.3, 0.4) is 0 Å². The lowest BCUT2D eigenvalue weighted by atomic mass is 10.2. The number of benzene rings is 2. The summed E-state index contributed by atoms with van der Waals surface area (Å²) >= 11 is 5.75. The van der Waals surface area contributed by atoms with Gasteiger partial charge in [-0.15, -0.1) is 0 Å². The number of carbonyl (C=O) groups excluding carboxylic acids is 1. The summed E-state index contributed by atoms with van der Waals surface area (Å²) in [5.74, 6) is 0.0150. The minimum Gasteiger partial charge on any atom is -0.380 e. The zero-order chi connectivity index (χ0) is 16.2. The Kier molecular flexibility index (Phi) is 4.07. The van der Waals surface area contributed by atoms with Crippen molar-refractivity contribution in [3.8, 4) is 0 Å². The van der Waals surface area contributed by atoms with Crippen LogP contribution in [-0.4, -0.2) is 22.2 Å². The van der Waals surface area contributed by atoms with Crippen LogP contribution in [0.5, 0.6) is 0 Å². The molecule has 0 saturated heterocycles. The number of amidine groups is 1. The van der Waals surface area contributed by atoms with Crippen molar-refractivity contribution in [3.05, 3.63) is 53.1 Å². The molecule has 2 aromatic carbocycles. The van der Waals surface area contributed by atoms with Gasteiger partial charge in [0.25, 0.3) is 0 Å². The smallest absolute Gasteiger partial charge is 0.380 e. The molecule has 0 fully saturated rings. The summed E-state index contributed by atoms with van der Waals surface area (Å²) in [7, 11) is 0. The van der Waals surface area contributed by atoms with Gasteiger partial charge < -0.3 is 5.73 Å². The molecule has 3 rings (SSSR count). The molecule has 8 nitrogen and oxygen atoms in total. The fourth-order valence-electron chi connectivity index (χ4n) is 1.76. The highest BCUT2D eigenvalue weighted by atomic mass is 35.5. The van der Waals surface area contributed by atoms with Crippen LogP contribution in [0.2, 0.25) is 5.02 Å². The van der Waals surface area contributed by atoms with E-state index in [9.17, 15) is 4.79 Å². The predicted molar refractivity (Wildman–Crippen MR) is 84.1 cm³/mol. The average Bonchev–Trinajstić information content (AvgIpc) is 3.02. The SMILES string of the molecule is N/C(=N\OC(=O)Nc1ccc(Cl)cc1)c1ccc2nonc2c1. The number of anilines is 1. The van der Waals surface area contributed by atoms with E-state index in [4.69, 9.17) is 22.2 Å². The lowest BCUT2D eigenvalue weighted by Crippen LogP contribution is -2.17. The first kappa shape index (κ1) is 14.8. The van der Waals surface area contributed by atoms with Gasteiger partial charge in [-0.3, -0.25) is 10.2 Å². The highest BCUT2D eigenvalue weighted by Gasteiger charge is 2.07. The molecule has 0 aliphatic heterocycles. The summed E-state index contributed by atoms with van der Waals surface area (Å²) in [6, 6.07) is 11.5. The Bertz CT molecular complexity index is 876. The molecule has 0 bridgehead atoms. The van der Waals surface area contributed by atoms with E-state index in [1.54, 1.807) is 42.5 Å². The normalized spacial score (nSPS) is 11.4. The number of fused-ring (bicyclic) bond motifs is 1. The maximum absolute atomic E-state index is 11.6. The van der Waals surface area contributed by atoms with Crippen molar-refractivity contribution in [2.45, 2.75) is 0 Å². The van der Waals surface area contributed by atoms with Gasteiger partial charge in [-0.2, -0.15) is 0 Å². The summed E-state index contributed by atoms with van der Waals surface area (Å²) in [6.45, 7) is 0. The van der Waals surface area contributed by atoms with Gasteiger partial charge in [0, 0.05) is 16.3 Å². The van der Waals surface area contributed by atoms with E-state index in [1.165, 1.54) is 0 Å². The monoisotopic (exact) mass is 331 g/mol. The largest absolute Gasteiger partial charge is 0.437 e. The van der Waals surface area contributed by atoms with Crippen molar-refractivity contribution in [3.63, 3.8) is 0 Å². The molecule has 0 aliphatic rings. The summed E-state index contributed by atoms with van der Waals surface area (Å²) in [4.78, 5) is 16.3. The van der Waals surface area contributed by atoms with Crippen molar-refractivity contribution < 1.29 is 14.3 Å². The van der Waals surface area contributed by atoms with Gasteiger partial charge in [-0.25, -0.2) is 9.42 Å². The second-order valence-electron chi connectivity index (χ2n) is 4.45. The van der Waals surface area contributed by atoms with Crippen molar-refractivity contribution in [2.75, 3.05) is 5.32 Å². The zero-order valence-corrected chi connectivity index (χ0v) is 12.3. The summed E-state index contributed by atoms with van der Waals surface area (Å²) < 4.78 is 4.59. The Morgan fingerprint density at radius 2 is 1.91 bits per heavy atom. The van der Waals surface area contributed by atoms with E-state index in [1.807, 2.05) is 0 Å². The molecule has 0 radical (unpaired) electrons. The Morgan fingerprint density at radius 3 is 2.70 bits per heavy atom. The lowest BCUT2D eigenvalue weighted by molar-refractivity contribution is 0.166. The van der Waals surface area contributed by atoms with Crippen molar-refractivity contribution in [1.29, 1.82) is 0 Å². The maximum atomic E-state index is 11.6. The van der Waals surface area contributed by atoms with E-state index in [-0.39, 0.29) is 5.84 Å². The Balaban J connectivity index is 1.66. The van der Waals surface area contributed by atoms with E-state index in [0.29, 0.717) is 27.3 Å². The van der Waals surface area contributed by atoms with Gasteiger partial charge in [0.1, 0.15) is 11.0 Å². The fraction of sp³-hybridized carbons (Fsp3) is 0. The fourth-order valence-corrected chi connectivity index (χ4v) is 1.88. The maximum Gasteiger partial charge on any atom is 0.437 e. The number of oxime groups is 1. The van der Waals surface area contributed by atoms with Crippen LogP contribution in [0.25, 0.3) is 11.0 Å². The molecule has 1 aromatic heterocycles. The summed E-state index contributed by atoms with van der Waals surface area (Å²) in [6.07, 6.45) is -0.778. The standard InChI is InChI=1S/C14H10ClN5O3/c15-9-2-4-10(5-3-9)17-14(21)22-20-13(16)8-1-6-11-12(7-8)19-23-18-11/h1-7H,(H2,16,20)(H,17,21). The number of nitrogens with zero attached hydrogens (tertiary/aromatic N) is 3. The Hall–Kier alpha value is -3.13. The van der Waals surface area contributed by atoms with E-state index >= 15 is 0 Å². The molecule has 0 unspecified atom stereocenters. The van der Waals surface area contributed by atoms with Crippen LogP contribution < -0.4 is 11.1 Å². The van der Waals surface area contributed by atoms with E-state index in [0.717, 1.165) is 0 Å². The van der Waals surface area contributed by atoms with Crippen molar-refractivity contribution >= 4 is 40.3 Å². The number of rotatable bonds is 3. The van der Waals surface area contributed by atoms with Crippen LogP contribution in [0.15, 0.2) is 52.2 Å². The number of hydrogen-bond acceptors (Lipinski definition) is 6. The van der Waals surface area contributed by atoms with Crippen molar-refractivity contribution in [2.24, 2.45) is 10.9 Å². The second kappa shape index (κ2) is 6.32. The first-order valence-corrected chi connectivity index (χ1v) is 6.79.